The molecule has 10 heteroatoms. The molecule has 0 spiro atoms. The van der Waals surface area contributed by atoms with Crippen molar-refractivity contribution in [1.82, 2.24) is 4.98 Å². The molecule has 30 heavy (non-hydrogen) atoms. The van der Waals surface area contributed by atoms with Crippen molar-refractivity contribution in [2.24, 2.45) is 0 Å². The molecular weight excluding hydrogens is 394 g/mol. The highest BCUT2D eigenvalue weighted by Gasteiger charge is 2.29. The molecule has 2 rings (SSSR count). The lowest BCUT2D eigenvalue weighted by Crippen LogP contribution is -2.26. The summed E-state index contributed by atoms with van der Waals surface area (Å²) in [5, 5.41) is 11.1. The molecule has 1 aromatic carbocycles. The summed E-state index contributed by atoms with van der Waals surface area (Å²) in [6, 6.07) is 3.82. The number of ether oxygens (including phenoxy) is 2. The first-order valence-electron chi connectivity index (χ1n) is 8.98. The number of nitrogens with zero attached hydrogens (tertiary/aromatic N) is 2. The molecule has 0 saturated carbocycles. The summed E-state index contributed by atoms with van der Waals surface area (Å²) < 4.78 is 10.0. The van der Waals surface area contributed by atoms with Gasteiger partial charge in [0.2, 0.25) is 5.78 Å². The quantitative estimate of drug-likeness (QED) is 0.315. The lowest BCUT2D eigenvalue weighted by molar-refractivity contribution is -0.384. The standard InChI is InChI=1S/C20H23N3O7/c1-10-16(20(26)29-6)11(2)21-17(10)18(24)12(3)30-19(25)14-9-13(23(27)28)7-8-15(14)22(4)5/h7-9,12,21H,1-6H3/t12-/m0/s1. The van der Waals surface area contributed by atoms with Crippen molar-refractivity contribution in [1.29, 1.82) is 0 Å². The summed E-state index contributed by atoms with van der Waals surface area (Å²) in [7, 11) is 4.58. The van der Waals surface area contributed by atoms with E-state index in [1.807, 2.05) is 0 Å². The molecule has 0 bridgehead atoms. The van der Waals surface area contributed by atoms with Gasteiger partial charge in [-0.25, -0.2) is 9.59 Å². The van der Waals surface area contributed by atoms with Crippen molar-refractivity contribution < 1.29 is 28.8 Å². The Morgan fingerprint density at radius 1 is 1.17 bits per heavy atom. The molecule has 0 saturated heterocycles. The lowest BCUT2D eigenvalue weighted by atomic mass is 10.1. The van der Waals surface area contributed by atoms with E-state index in [2.05, 4.69) is 4.98 Å². The van der Waals surface area contributed by atoms with Gasteiger partial charge in [0.25, 0.3) is 5.69 Å². The topological polar surface area (TPSA) is 132 Å². The number of non-ortho nitro benzene ring substituents is 1. The first kappa shape index (κ1) is 22.6. The Labute approximate surface area is 172 Å². The van der Waals surface area contributed by atoms with Gasteiger partial charge in [-0.1, -0.05) is 0 Å². The smallest absolute Gasteiger partial charge is 0.341 e. The highest BCUT2D eigenvalue weighted by atomic mass is 16.6. The van der Waals surface area contributed by atoms with E-state index in [1.165, 1.54) is 26.2 Å². The van der Waals surface area contributed by atoms with E-state index in [0.717, 1.165) is 6.07 Å². The molecule has 0 aliphatic heterocycles. The minimum Gasteiger partial charge on any atom is -0.465 e. The Morgan fingerprint density at radius 3 is 2.33 bits per heavy atom. The molecule has 0 amide bonds. The number of Topliss-reactive ketones (excluding diaryl/α,β-unsaturated/α-hetero) is 1. The Kier molecular flexibility index (Phi) is 6.60. The number of hydrogen-bond donors (Lipinski definition) is 1. The fourth-order valence-corrected chi connectivity index (χ4v) is 3.08. The van der Waals surface area contributed by atoms with E-state index in [4.69, 9.17) is 9.47 Å². The summed E-state index contributed by atoms with van der Waals surface area (Å²) in [6.45, 7) is 4.60. The largest absolute Gasteiger partial charge is 0.465 e. The van der Waals surface area contributed by atoms with Gasteiger partial charge in [-0.2, -0.15) is 0 Å². The van der Waals surface area contributed by atoms with Gasteiger partial charge in [-0.15, -0.1) is 0 Å². The number of benzene rings is 1. The molecule has 0 fully saturated rings. The molecule has 1 aromatic heterocycles. The van der Waals surface area contributed by atoms with Crippen molar-refractivity contribution in [2.45, 2.75) is 26.9 Å². The Hall–Kier alpha value is -3.69. The van der Waals surface area contributed by atoms with Gasteiger partial charge in [0.1, 0.15) is 0 Å². The summed E-state index contributed by atoms with van der Waals surface area (Å²) in [5.74, 6) is -2.01. The third-order valence-electron chi connectivity index (χ3n) is 4.62. The van der Waals surface area contributed by atoms with Crippen LogP contribution in [0.2, 0.25) is 0 Å². The van der Waals surface area contributed by atoms with E-state index in [9.17, 15) is 24.5 Å². The number of carbonyl (C=O) groups is 3. The monoisotopic (exact) mass is 417 g/mol. The van der Waals surface area contributed by atoms with Gasteiger partial charge in [0.15, 0.2) is 6.10 Å². The molecule has 10 nitrogen and oxygen atoms in total. The predicted molar refractivity (Wildman–Crippen MR) is 108 cm³/mol. The number of anilines is 1. The molecule has 0 radical (unpaired) electrons. The second-order valence-corrected chi connectivity index (χ2v) is 6.88. The van der Waals surface area contributed by atoms with Gasteiger partial charge in [-0.3, -0.25) is 14.9 Å². The average Bonchev–Trinajstić information content (AvgIpc) is 2.99. The molecule has 0 aliphatic rings. The highest BCUT2D eigenvalue weighted by molar-refractivity contribution is 6.05. The molecule has 1 atom stereocenters. The number of rotatable bonds is 7. The maximum absolute atomic E-state index is 12.8. The molecule has 0 unspecified atom stereocenters. The van der Waals surface area contributed by atoms with Crippen molar-refractivity contribution in [3.05, 3.63) is 56.4 Å². The van der Waals surface area contributed by atoms with Gasteiger partial charge in [0.05, 0.1) is 34.5 Å². The van der Waals surface area contributed by atoms with Crippen molar-refractivity contribution in [2.75, 3.05) is 26.1 Å². The van der Waals surface area contributed by atoms with Crippen LogP contribution in [0.25, 0.3) is 0 Å². The zero-order chi connectivity index (χ0) is 22.7. The number of H-pyrrole nitrogens is 1. The van der Waals surface area contributed by atoms with Crippen molar-refractivity contribution in [3.8, 4) is 0 Å². The van der Waals surface area contributed by atoms with Gasteiger partial charge in [-0.05, 0) is 32.4 Å². The van der Waals surface area contributed by atoms with Crippen LogP contribution in [0.3, 0.4) is 0 Å². The number of carbonyl (C=O) groups excluding carboxylic acids is 3. The van der Waals surface area contributed by atoms with Crippen LogP contribution >= 0.6 is 0 Å². The van der Waals surface area contributed by atoms with Crippen LogP contribution in [-0.2, 0) is 9.47 Å². The predicted octanol–water partition coefficient (Wildman–Crippen LogP) is 2.82. The Balaban J connectivity index is 2.32. The first-order chi connectivity index (χ1) is 14.0. The second-order valence-electron chi connectivity index (χ2n) is 6.88. The number of ketones is 1. The van der Waals surface area contributed by atoms with Crippen LogP contribution in [0.4, 0.5) is 11.4 Å². The van der Waals surface area contributed by atoms with Gasteiger partial charge in [0, 0.05) is 31.9 Å². The summed E-state index contributed by atoms with van der Waals surface area (Å²) in [5.41, 5.74) is 1.30. The first-order valence-corrected chi connectivity index (χ1v) is 8.98. The number of nitro benzene ring substituents is 1. The van der Waals surface area contributed by atoms with Crippen LogP contribution in [0, 0.1) is 24.0 Å². The third kappa shape index (κ3) is 4.32. The zero-order valence-electron chi connectivity index (χ0n) is 17.6. The molecule has 1 N–H and O–H groups in total. The number of aromatic nitrogens is 1. The lowest BCUT2D eigenvalue weighted by Gasteiger charge is -2.18. The molecule has 1 heterocycles. The third-order valence-corrected chi connectivity index (χ3v) is 4.62. The number of methoxy groups -OCH3 is 1. The molecular formula is C20H23N3O7. The number of aryl methyl sites for hydroxylation is 1. The van der Waals surface area contributed by atoms with Crippen LogP contribution in [0.5, 0.6) is 0 Å². The second kappa shape index (κ2) is 8.76. The Bertz CT molecular complexity index is 1020. The van der Waals surface area contributed by atoms with Crippen molar-refractivity contribution >= 4 is 29.1 Å². The van der Waals surface area contributed by atoms with E-state index in [-0.39, 0.29) is 22.5 Å². The Morgan fingerprint density at radius 2 is 1.80 bits per heavy atom. The SMILES string of the molecule is COC(=O)c1c(C)[nH]c(C(=O)[C@H](C)OC(=O)c2cc([N+](=O)[O-])ccc2N(C)C)c1C. The minimum absolute atomic E-state index is 0.0384. The van der Waals surface area contributed by atoms with Gasteiger partial charge >= 0.3 is 11.9 Å². The molecule has 2 aromatic rings. The number of nitro groups is 1. The van der Waals surface area contributed by atoms with E-state index < -0.39 is 28.7 Å². The van der Waals surface area contributed by atoms with Gasteiger partial charge < -0.3 is 19.4 Å². The minimum atomic E-state index is -1.20. The number of hydrogen-bond acceptors (Lipinski definition) is 8. The summed E-state index contributed by atoms with van der Waals surface area (Å²) in [6.07, 6.45) is -1.20. The number of aromatic amines is 1. The van der Waals surface area contributed by atoms with E-state index >= 15 is 0 Å². The normalized spacial score (nSPS) is 11.5. The number of esters is 2. The average molecular weight is 417 g/mol. The van der Waals surface area contributed by atoms with Crippen LogP contribution in [-0.4, -0.2) is 54.9 Å². The fourth-order valence-electron chi connectivity index (χ4n) is 3.08. The fraction of sp³-hybridized carbons (Fsp3) is 0.350. The van der Waals surface area contributed by atoms with E-state index in [0.29, 0.717) is 16.9 Å². The molecule has 0 aliphatic carbocycles. The van der Waals surface area contributed by atoms with Crippen LogP contribution in [0.1, 0.15) is 49.4 Å². The highest BCUT2D eigenvalue weighted by Crippen LogP contribution is 2.26. The van der Waals surface area contributed by atoms with Crippen molar-refractivity contribution in [3.63, 3.8) is 0 Å². The maximum atomic E-state index is 12.8. The van der Waals surface area contributed by atoms with Crippen LogP contribution < -0.4 is 4.90 Å². The summed E-state index contributed by atoms with van der Waals surface area (Å²) >= 11 is 0. The molecule has 160 valence electrons. The maximum Gasteiger partial charge on any atom is 0.341 e. The number of nitrogens with one attached hydrogen (secondary N) is 1. The van der Waals surface area contributed by atoms with E-state index in [1.54, 1.807) is 32.8 Å². The van der Waals surface area contributed by atoms with Crippen LogP contribution in [0.15, 0.2) is 18.2 Å². The zero-order valence-corrected chi connectivity index (χ0v) is 17.6. The summed E-state index contributed by atoms with van der Waals surface area (Å²) in [4.78, 5) is 52.3.